The van der Waals surface area contributed by atoms with E-state index in [-0.39, 0.29) is 5.92 Å². The van der Waals surface area contributed by atoms with Crippen LogP contribution in [0.2, 0.25) is 0 Å². The van der Waals surface area contributed by atoms with E-state index in [1.54, 1.807) is 0 Å². The summed E-state index contributed by atoms with van der Waals surface area (Å²) in [4.78, 5) is 10.3. The Morgan fingerprint density at radius 3 is 1.70 bits per heavy atom. The van der Waals surface area contributed by atoms with E-state index in [4.69, 9.17) is 0 Å². The molecule has 0 radical (unpaired) electrons. The quantitative estimate of drug-likeness (QED) is 0.0960. The average Bonchev–Trinajstić information content (AvgIpc) is 3.41. The Bertz CT molecular complexity index is 817. The fraction of sp³-hybridized carbons (Fsp3) is 0.722. The van der Waals surface area contributed by atoms with Gasteiger partial charge in [-0.15, -0.1) is 0 Å². The summed E-state index contributed by atoms with van der Waals surface area (Å²) in [5, 5.41) is 10.3. The van der Waals surface area contributed by atoms with Crippen LogP contribution in [-0.2, 0) is 17.9 Å². The van der Waals surface area contributed by atoms with Crippen LogP contribution in [0.3, 0.4) is 0 Å². The molecule has 0 fully saturated rings. The molecule has 0 N–H and O–H groups in total. The zero-order chi connectivity index (χ0) is 29.1. The third-order valence-electron chi connectivity index (χ3n) is 7.96. The van der Waals surface area contributed by atoms with Gasteiger partial charge in [0.25, 0.3) is 0 Å². The number of carbonyl (C=O) groups is 1. The number of rotatable bonds is 24. The van der Waals surface area contributed by atoms with Crippen molar-refractivity contribution in [3.8, 4) is 0 Å². The summed E-state index contributed by atoms with van der Waals surface area (Å²) in [6.45, 7) is 8.36. The molecule has 0 saturated carbocycles. The summed E-state index contributed by atoms with van der Waals surface area (Å²) in [7, 11) is 0. The molecule has 0 aliphatic carbocycles. The smallest absolute Gasteiger partial charge is 0.244 e. The van der Waals surface area contributed by atoms with Gasteiger partial charge in [-0.05, 0) is 37.2 Å². The van der Waals surface area contributed by atoms with Gasteiger partial charge in [-0.2, -0.15) is 0 Å². The van der Waals surface area contributed by atoms with Gasteiger partial charge in [-0.1, -0.05) is 154 Å². The third kappa shape index (κ3) is 19.9. The van der Waals surface area contributed by atoms with E-state index in [0.29, 0.717) is 6.42 Å². The predicted molar refractivity (Wildman–Crippen MR) is 168 cm³/mol. The number of hydrogen-bond donors (Lipinski definition) is 0. The molecule has 4 nitrogen and oxygen atoms in total. The van der Waals surface area contributed by atoms with Crippen LogP contribution in [0, 0.1) is 5.92 Å². The van der Waals surface area contributed by atoms with Crippen LogP contribution >= 0.6 is 0 Å². The number of nitrogens with zero attached hydrogens (tertiary/aromatic N) is 2. The molecular weight excluding hydrogens is 492 g/mol. The Balaban J connectivity index is 0.000000680. The highest BCUT2D eigenvalue weighted by molar-refractivity contribution is 5.67. The van der Waals surface area contributed by atoms with Crippen molar-refractivity contribution in [2.24, 2.45) is 5.92 Å². The number of aryl methyl sites for hydroxylation is 1. The third-order valence-corrected chi connectivity index (χ3v) is 7.96. The van der Waals surface area contributed by atoms with Crippen molar-refractivity contribution in [3.63, 3.8) is 0 Å². The molecule has 228 valence electrons. The number of aliphatic carboxylic acids is 1. The first-order chi connectivity index (χ1) is 19.6. The van der Waals surface area contributed by atoms with Gasteiger partial charge >= 0.3 is 0 Å². The largest absolute Gasteiger partial charge is 0.550 e. The highest BCUT2D eigenvalue weighted by Gasteiger charge is 2.05. The fourth-order valence-corrected chi connectivity index (χ4v) is 5.24. The molecule has 1 unspecified atom stereocenters. The molecule has 0 spiro atoms. The highest BCUT2D eigenvalue weighted by Crippen LogP contribution is 2.14. The van der Waals surface area contributed by atoms with Crippen molar-refractivity contribution in [2.45, 2.75) is 162 Å². The molecule has 0 bridgehead atoms. The van der Waals surface area contributed by atoms with Crippen LogP contribution in [0.1, 0.15) is 155 Å². The Kier molecular flexibility index (Phi) is 23.2. The molecule has 0 aliphatic rings. The molecule has 0 saturated heterocycles. The van der Waals surface area contributed by atoms with Crippen molar-refractivity contribution in [2.75, 3.05) is 0 Å². The lowest BCUT2D eigenvalue weighted by Gasteiger charge is -2.14. The Morgan fingerprint density at radius 2 is 1.23 bits per heavy atom. The molecule has 2 rings (SSSR count). The normalized spacial score (nSPS) is 11.7. The molecule has 1 aromatic carbocycles. The van der Waals surface area contributed by atoms with Gasteiger partial charge in [-0.25, -0.2) is 9.13 Å². The van der Waals surface area contributed by atoms with Crippen LogP contribution in [0.5, 0.6) is 0 Å². The highest BCUT2D eigenvalue weighted by atomic mass is 16.4. The molecule has 2 aromatic rings. The van der Waals surface area contributed by atoms with Crippen LogP contribution < -0.4 is 9.67 Å². The molecule has 0 aliphatic heterocycles. The van der Waals surface area contributed by atoms with Gasteiger partial charge in [0.05, 0.1) is 6.54 Å². The summed E-state index contributed by atoms with van der Waals surface area (Å²) >= 11 is 0. The SMILES string of the molecule is CCCCC(CC)C(=O)[O-].CCCCCCCCCCCCCCCCCCn1cc[n+](Cc2ccccc2)c1. The second-order valence-corrected chi connectivity index (χ2v) is 11.7. The van der Waals surface area contributed by atoms with Gasteiger partial charge in [0.2, 0.25) is 6.33 Å². The van der Waals surface area contributed by atoms with Crippen LogP contribution in [0.4, 0.5) is 0 Å². The van der Waals surface area contributed by atoms with Gasteiger partial charge in [0.1, 0.15) is 18.9 Å². The van der Waals surface area contributed by atoms with E-state index in [0.717, 1.165) is 32.4 Å². The van der Waals surface area contributed by atoms with E-state index < -0.39 is 5.97 Å². The molecule has 4 heteroatoms. The second kappa shape index (κ2) is 25.8. The Morgan fingerprint density at radius 1 is 0.725 bits per heavy atom. The van der Waals surface area contributed by atoms with E-state index in [2.05, 4.69) is 72.0 Å². The zero-order valence-electron chi connectivity index (χ0n) is 26.5. The van der Waals surface area contributed by atoms with Gasteiger partial charge in [-0.3, -0.25) is 0 Å². The molecule has 1 aromatic heterocycles. The lowest BCUT2D eigenvalue weighted by Crippen LogP contribution is -2.31. The molecule has 1 atom stereocenters. The minimum atomic E-state index is -0.893. The molecule has 40 heavy (non-hydrogen) atoms. The zero-order valence-corrected chi connectivity index (χ0v) is 26.5. The van der Waals surface area contributed by atoms with Crippen molar-refractivity contribution in [1.29, 1.82) is 0 Å². The van der Waals surface area contributed by atoms with Crippen LogP contribution in [0.15, 0.2) is 49.1 Å². The monoisotopic (exact) mass is 554 g/mol. The summed E-state index contributed by atoms with van der Waals surface area (Å²) < 4.78 is 4.62. The minimum Gasteiger partial charge on any atom is -0.550 e. The van der Waals surface area contributed by atoms with E-state index in [9.17, 15) is 9.90 Å². The predicted octanol–water partition coefficient (Wildman–Crippen LogP) is 9.04. The van der Waals surface area contributed by atoms with E-state index >= 15 is 0 Å². The number of imidazole rings is 1. The summed E-state index contributed by atoms with van der Waals surface area (Å²) in [6.07, 6.45) is 33.1. The number of benzene rings is 1. The molecular formula is C36H62N2O2. The molecule has 0 amide bonds. The summed E-state index contributed by atoms with van der Waals surface area (Å²) in [5.74, 6) is -1.11. The van der Waals surface area contributed by atoms with Gasteiger partial charge in [0.15, 0.2) is 0 Å². The van der Waals surface area contributed by atoms with Gasteiger partial charge in [0, 0.05) is 5.97 Å². The standard InChI is InChI=1S/C28H47N2.C8H16O2/c1-2-3-4-5-6-7-8-9-10-11-12-13-14-15-16-20-23-29-24-25-30(27-29)26-28-21-18-17-19-22-28;1-3-5-6-7(4-2)8(9)10/h17-19,21-22,24-25,27H,2-16,20,23,26H2,1H3;7H,3-6H2,1-2H3,(H,9,10)/q+1;/p-1. The number of unbranched alkanes of at least 4 members (excludes halogenated alkanes) is 16. The van der Waals surface area contributed by atoms with Crippen molar-refractivity contribution >= 4 is 5.97 Å². The number of hydrogen-bond acceptors (Lipinski definition) is 2. The van der Waals surface area contributed by atoms with Crippen LogP contribution in [-0.4, -0.2) is 10.5 Å². The topological polar surface area (TPSA) is 48.9 Å². The maximum absolute atomic E-state index is 10.3. The summed E-state index contributed by atoms with van der Waals surface area (Å²) in [6, 6.07) is 10.7. The number of aromatic nitrogens is 2. The van der Waals surface area contributed by atoms with E-state index in [1.807, 2.05) is 6.92 Å². The van der Waals surface area contributed by atoms with E-state index in [1.165, 1.54) is 108 Å². The first-order valence-electron chi connectivity index (χ1n) is 16.9. The number of carbonyl (C=O) groups excluding carboxylic acids is 1. The second-order valence-electron chi connectivity index (χ2n) is 11.7. The van der Waals surface area contributed by atoms with Gasteiger partial charge < -0.3 is 9.90 Å². The lowest BCUT2D eigenvalue weighted by atomic mass is 10.00. The number of carboxylic acid groups (broad SMARTS) is 1. The minimum absolute atomic E-state index is 0.222. The first kappa shape index (κ1) is 35.9. The Hall–Kier alpha value is -2.10. The maximum Gasteiger partial charge on any atom is 0.244 e. The Labute approximate surface area is 247 Å². The first-order valence-corrected chi connectivity index (χ1v) is 16.9. The maximum atomic E-state index is 10.3. The average molecular weight is 555 g/mol. The lowest BCUT2D eigenvalue weighted by molar-refractivity contribution is -0.687. The summed E-state index contributed by atoms with van der Waals surface area (Å²) in [5.41, 5.74) is 1.36. The molecule has 1 heterocycles. The van der Waals surface area contributed by atoms with Crippen molar-refractivity contribution in [3.05, 3.63) is 54.6 Å². The van der Waals surface area contributed by atoms with Crippen molar-refractivity contribution < 1.29 is 14.5 Å². The van der Waals surface area contributed by atoms with Crippen molar-refractivity contribution in [1.82, 2.24) is 4.57 Å². The van der Waals surface area contributed by atoms with Crippen LogP contribution in [0.25, 0.3) is 0 Å². The number of carboxylic acids is 1. The fourth-order valence-electron chi connectivity index (χ4n) is 5.24.